The van der Waals surface area contributed by atoms with Crippen molar-refractivity contribution in [1.29, 1.82) is 0 Å². The Kier molecular flexibility index (Phi) is 4.87. The third-order valence-electron chi connectivity index (χ3n) is 4.37. The van der Waals surface area contributed by atoms with Crippen LogP contribution in [0, 0.1) is 6.92 Å². The largest absolute Gasteiger partial charge is 0.744 e. The highest BCUT2D eigenvalue weighted by Crippen LogP contribution is 2.37. The van der Waals surface area contributed by atoms with Gasteiger partial charge in [-0.05, 0) is 72.0 Å². The summed E-state index contributed by atoms with van der Waals surface area (Å²) in [6.07, 6.45) is 4.47. The minimum atomic E-state index is -4.72. The van der Waals surface area contributed by atoms with E-state index in [1.807, 2.05) is 0 Å². The zero-order valence-corrected chi connectivity index (χ0v) is 15.6. The van der Waals surface area contributed by atoms with Crippen LogP contribution >= 0.6 is 0 Å². The van der Waals surface area contributed by atoms with E-state index in [4.69, 9.17) is 0 Å². The van der Waals surface area contributed by atoms with Gasteiger partial charge in [-0.2, -0.15) is 0 Å². The van der Waals surface area contributed by atoms with Gasteiger partial charge in [-0.3, -0.25) is 4.79 Å². The van der Waals surface area contributed by atoms with Crippen LogP contribution in [0.1, 0.15) is 23.6 Å². The van der Waals surface area contributed by atoms with Crippen LogP contribution in [0.25, 0.3) is 5.57 Å². The average Bonchev–Trinajstić information content (AvgIpc) is 2.58. The van der Waals surface area contributed by atoms with Gasteiger partial charge in [0.2, 0.25) is 0 Å². The monoisotopic (exact) mass is 381 g/mol. The molecule has 0 bridgehead atoms. The van der Waals surface area contributed by atoms with E-state index < -0.39 is 10.1 Å². The van der Waals surface area contributed by atoms with Crippen molar-refractivity contribution in [2.24, 2.45) is 0 Å². The average molecular weight is 381 g/mol. The molecule has 0 aliphatic heterocycles. The molecular weight excluding hydrogens is 364 g/mol. The highest BCUT2D eigenvalue weighted by atomic mass is 32.2. The summed E-state index contributed by atoms with van der Waals surface area (Å²) in [5.41, 5.74) is 3.42. The second-order valence-electron chi connectivity index (χ2n) is 6.30. The smallest absolute Gasteiger partial charge is 0.178 e. The maximum atomic E-state index is 11.8. The van der Waals surface area contributed by atoms with E-state index in [-0.39, 0.29) is 22.0 Å². The molecule has 0 atom stereocenters. The van der Waals surface area contributed by atoms with Crippen LogP contribution in [-0.2, 0) is 14.9 Å². The summed E-state index contributed by atoms with van der Waals surface area (Å²) >= 11 is 0. The number of phenolic OH excluding ortho intramolecular Hbond substituents is 1. The molecule has 5 nitrogen and oxygen atoms in total. The van der Waals surface area contributed by atoms with Crippen molar-refractivity contribution in [1.82, 2.24) is 0 Å². The molecule has 1 aliphatic carbocycles. The maximum absolute atomic E-state index is 11.8. The van der Waals surface area contributed by atoms with Gasteiger partial charge in [0, 0.05) is 5.56 Å². The summed E-state index contributed by atoms with van der Waals surface area (Å²) < 4.78 is 35.5. The molecule has 6 heteroatoms. The van der Waals surface area contributed by atoms with Crippen LogP contribution in [-0.4, -0.2) is 23.9 Å². The fourth-order valence-corrected chi connectivity index (χ4v) is 3.86. The molecule has 0 fully saturated rings. The molecule has 1 aliphatic rings. The highest BCUT2D eigenvalue weighted by molar-refractivity contribution is 7.85. The lowest BCUT2D eigenvalue weighted by atomic mass is 9.85. The Morgan fingerprint density at radius 3 is 2.33 bits per heavy atom. The molecule has 0 heterocycles. The first-order chi connectivity index (χ1) is 12.7. The lowest BCUT2D eigenvalue weighted by Crippen LogP contribution is -2.07. The van der Waals surface area contributed by atoms with Crippen LogP contribution in [0.2, 0.25) is 0 Å². The molecule has 0 spiro atoms. The zero-order chi connectivity index (χ0) is 19.8. The summed E-state index contributed by atoms with van der Waals surface area (Å²) in [7, 11) is -4.72. The van der Waals surface area contributed by atoms with Crippen LogP contribution < -0.4 is 0 Å². The fourth-order valence-electron chi connectivity index (χ4n) is 3.17. The van der Waals surface area contributed by atoms with Gasteiger partial charge in [0.15, 0.2) is 5.78 Å². The number of ketones is 1. The molecule has 0 saturated heterocycles. The first-order valence-electron chi connectivity index (χ1n) is 8.19. The molecule has 0 amide bonds. The Balaban J connectivity index is 2.44. The molecule has 1 N–H and O–H groups in total. The number of rotatable bonds is 3. The lowest BCUT2D eigenvalue weighted by Gasteiger charge is -2.21. The number of hydrogen-bond donors (Lipinski definition) is 1. The lowest BCUT2D eigenvalue weighted by molar-refractivity contribution is -0.110. The Labute approximate surface area is 157 Å². The molecule has 3 rings (SSSR count). The van der Waals surface area contributed by atoms with Crippen LogP contribution in [0.4, 0.5) is 0 Å². The van der Waals surface area contributed by atoms with Crippen LogP contribution in [0.5, 0.6) is 5.75 Å². The molecular formula is C21H17O5S-. The number of allylic oxidation sites excluding steroid dienone is 5. The standard InChI is InChI=1S/C21H18O5S/c1-13-11-15(22)7-9-17(13)21(18-10-8-16(23)12-14(18)2)19-5-3-4-6-20(19)27(24,25)26/h3-12,22H,1-2H3,(H,24,25,26)/p-1. The molecule has 0 aromatic heterocycles. The quantitative estimate of drug-likeness (QED) is 0.821. The number of aromatic hydroxyl groups is 1. The molecule has 2 aromatic rings. The minimum Gasteiger partial charge on any atom is -0.744 e. The van der Waals surface area contributed by atoms with E-state index in [0.29, 0.717) is 27.8 Å². The summed E-state index contributed by atoms with van der Waals surface area (Å²) in [5.74, 6) is -0.0882. The minimum absolute atomic E-state index is 0.0759. The third kappa shape index (κ3) is 3.77. The van der Waals surface area contributed by atoms with E-state index >= 15 is 0 Å². The third-order valence-corrected chi connectivity index (χ3v) is 5.27. The normalized spacial score (nSPS) is 16.3. The Morgan fingerprint density at radius 1 is 1.00 bits per heavy atom. The van der Waals surface area contributed by atoms with E-state index in [1.54, 1.807) is 44.2 Å². The first-order valence-corrected chi connectivity index (χ1v) is 9.59. The van der Waals surface area contributed by atoms with Crippen molar-refractivity contribution < 1.29 is 22.9 Å². The van der Waals surface area contributed by atoms with E-state index in [1.165, 1.54) is 30.4 Å². The van der Waals surface area contributed by atoms with Gasteiger partial charge in [0.1, 0.15) is 15.9 Å². The second kappa shape index (κ2) is 6.98. The van der Waals surface area contributed by atoms with Crippen molar-refractivity contribution in [3.8, 4) is 5.75 Å². The molecule has 0 radical (unpaired) electrons. The number of benzene rings is 2. The number of carbonyl (C=O) groups excluding carboxylic acids is 1. The molecule has 2 aromatic carbocycles. The molecule has 138 valence electrons. The molecule has 0 unspecified atom stereocenters. The summed E-state index contributed by atoms with van der Waals surface area (Å²) in [6, 6.07) is 10.7. The van der Waals surface area contributed by atoms with Crippen molar-refractivity contribution >= 4 is 21.5 Å². The first kappa shape index (κ1) is 18.8. The van der Waals surface area contributed by atoms with E-state index in [0.717, 1.165) is 0 Å². The van der Waals surface area contributed by atoms with Crippen molar-refractivity contribution in [3.63, 3.8) is 0 Å². The van der Waals surface area contributed by atoms with Gasteiger partial charge >= 0.3 is 0 Å². The van der Waals surface area contributed by atoms with Crippen LogP contribution in [0.3, 0.4) is 0 Å². The van der Waals surface area contributed by atoms with Gasteiger partial charge in [-0.1, -0.05) is 30.3 Å². The topological polar surface area (TPSA) is 94.5 Å². The summed E-state index contributed by atoms with van der Waals surface area (Å²) in [5, 5.41) is 9.74. The highest BCUT2D eigenvalue weighted by Gasteiger charge is 2.21. The zero-order valence-electron chi connectivity index (χ0n) is 14.8. The van der Waals surface area contributed by atoms with Gasteiger partial charge in [-0.25, -0.2) is 8.42 Å². The number of hydrogen-bond acceptors (Lipinski definition) is 5. The fraction of sp³-hybridized carbons (Fsp3) is 0.0952. The van der Waals surface area contributed by atoms with Gasteiger partial charge < -0.3 is 9.66 Å². The molecule has 27 heavy (non-hydrogen) atoms. The maximum Gasteiger partial charge on any atom is 0.178 e. The van der Waals surface area contributed by atoms with Crippen molar-refractivity contribution in [3.05, 3.63) is 88.5 Å². The predicted molar refractivity (Wildman–Crippen MR) is 101 cm³/mol. The number of phenols is 1. The van der Waals surface area contributed by atoms with Gasteiger partial charge in [0.25, 0.3) is 0 Å². The Hall–Kier alpha value is -2.96. The second-order valence-corrected chi connectivity index (χ2v) is 7.65. The van der Waals surface area contributed by atoms with Crippen LogP contribution in [0.15, 0.2) is 76.7 Å². The van der Waals surface area contributed by atoms with Gasteiger partial charge in [0.05, 0.1) is 4.90 Å². The summed E-state index contributed by atoms with van der Waals surface area (Å²) in [6.45, 7) is 3.53. The summed E-state index contributed by atoms with van der Waals surface area (Å²) in [4.78, 5) is 11.4. The number of aryl methyl sites for hydroxylation is 1. The van der Waals surface area contributed by atoms with Gasteiger partial charge in [-0.15, -0.1) is 0 Å². The Morgan fingerprint density at radius 2 is 1.70 bits per heavy atom. The van der Waals surface area contributed by atoms with Crippen molar-refractivity contribution in [2.75, 3.05) is 0 Å². The van der Waals surface area contributed by atoms with Crippen molar-refractivity contribution in [2.45, 2.75) is 18.7 Å². The Bertz CT molecular complexity index is 1130. The predicted octanol–water partition coefficient (Wildman–Crippen LogP) is 3.49. The van der Waals surface area contributed by atoms with E-state index in [9.17, 15) is 22.9 Å². The SMILES string of the molecule is CC1=CC(=O)C=CC1=C(c1ccc(O)cc1C)c1ccccc1S(=O)(=O)[O-]. The molecule has 0 saturated carbocycles. The number of carbonyl (C=O) groups is 1. The van der Waals surface area contributed by atoms with E-state index in [2.05, 4.69) is 0 Å².